The van der Waals surface area contributed by atoms with Crippen molar-refractivity contribution in [1.29, 1.82) is 0 Å². The van der Waals surface area contributed by atoms with Gasteiger partial charge in [-0.25, -0.2) is 4.79 Å². The highest BCUT2D eigenvalue weighted by molar-refractivity contribution is 5.84. The van der Waals surface area contributed by atoms with Crippen molar-refractivity contribution in [3.63, 3.8) is 0 Å². The van der Waals surface area contributed by atoms with Gasteiger partial charge < -0.3 is 16.2 Å². The molecule has 15 heavy (non-hydrogen) atoms. The zero-order valence-corrected chi connectivity index (χ0v) is 8.09. The van der Waals surface area contributed by atoms with Crippen LogP contribution in [-0.4, -0.2) is 36.1 Å². The molecular formula is C7H13N5O3. The van der Waals surface area contributed by atoms with Crippen LogP contribution in [0.4, 0.5) is 0 Å². The van der Waals surface area contributed by atoms with Gasteiger partial charge in [0.25, 0.3) is 0 Å². The quantitative estimate of drug-likeness (QED) is 0.302. The molecule has 0 spiro atoms. The lowest BCUT2D eigenvalue weighted by Crippen LogP contribution is -2.42. The number of carboxylic acids is 1. The topological polar surface area (TPSA) is 141 Å². The van der Waals surface area contributed by atoms with E-state index in [-0.39, 0.29) is 6.42 Å². The van der Waals surface area contributed by atoms with Crippen LogP contribution in [0.1, 0.15) is 12.8 Å². The number of hydrogen-bond acceptors (Lipinski definition) is 4. The molecule has 0 aromatic heterocycles. The maximum atomic E-state index is 11.0. The van der Waals surface area contributed by atoms with Gasteiger partial charge in [0.2, 0.25) is 5.91 Å². The average molecular weight is 215 g/mol. The van der Waals surface area contributed by atoms with Gasteiger partial charge in [-0.15, -0.1) is 0 Å². The van der Waals surface area contributed by atoms with Crippen molar-refractivity contribution in [3.8, 4) is 0 Å². The summed E-state index contributed by atoms with van der Waals surface area (Å²) in [6.45, 7) is -0.0428. The largest absolute Gasteiger partial charge is 0.480 e. The van der Waals surface area contributed by atoms with Crippen molar-refractivity contribution in [3.05, 3.63) is 10.4 Å². The van der Waals surface area contributed by atoms with Crippen molar-refractivity contribution >= 4 is 11.9 Å². The Labute approximate surface area is 86.1 Å². The Kier molecular flexibility index (Phi) is 6.69. The van der Waals surface area contributed by atoms with Crippen molar-refractivity contribution in [1.82, 2.24) is 5.32 Å². The number of azide groups is 1. The smallest absolute Gasteiger partial charge is 0.326 e. The number of rotatable bonds is 7. The third kappa shape index (κ3) is 6.30. The second-order valence-corrected chi connectivity index (χ2v) is 2.78. The van der Waals surface area contributed by atoms with E-state index >= 15 is 0 Å². The van der Waals surface area contributed by atoms with Crippen LogP contribution in [0.2, 0.25) is 0 Å². The zero-order valence-electron chi connectivity index (χ0n) is 8.09. The van der Waals surface area contributed by atoms with Crippen LogP contribution in [0, 0.1) is 0 Å². The first kappa shape index (κ1) is 13.2. The molecule has 0 saturated heterocycles. The van der Waals surface area contributed by atoms with Crippen LogP contribution in [0.15, 0.2) is 5.11 Å². The standard InChI is InChI=1S/C7H13N5O3/c8-3-1-2-5(7(14)15)11-6(13)4-10-12-9/h5H,1-4,8H2,(H,11,13)(H,14,15)/t5-/m1/s1. The van der Waals surface area contributed by atoms with Crippen LogP contribution < -0.4 is 11.1 Å². The summed E-state index contributed by atoms with van der Waals surface area (Å²) in [4.78, 5) is 24.1. The van der Waals surface area contributed by atoms with Crippen LogP contribution in [0.3, 0.4) is 0 Å². The Morgan fingerprint density at radius 3 is 2.73 bits per heavy atom. The first-order valence-electron chi connectivity index (χ1n) is 4.35. The highest BCUT2D eigenvalue weighted by Gasteiger charge is 2.18. The average Bonchev–Trinajstić information content (AvgIpc) is 2.20. The normalized spacial score (nSPS) is 11.3. The molecule has 0 aliphatic carbocycles. The Bertz CT molecular complexity index is 274. The molecule has 8 heteroatoms. The number of carbonyl (C=O) groups is 2. The summed E-state index contributed by atoms with van der Waals surface area (Å²) in [6.07, 6.45) is 0.757. The third-order valence-corrected chi connectivity index (χ3v) is 1.61. The SMILES string of the molecule is [N-]=[N+]=NCC(=O)N[C@H](CCCN)C(=O)O. The molecule has 0 unspecified atom stereocenters. The molecule has 0 aliphatic rings. The molecule has 0 fully saturated rings. The summed E-state index contributed by atoms with van der Waals surface area (Å²) >= 11 is 0. The molecule has 84 valence electrons. The third-order valence-electron chi connectivity index (χ3n) is 1.61. The molecule has 0 aliphatic heterocycles. The maximum Gasteiger partial charge on any atom is 0.326 e. The molecule has 0 bridgehead atoms. The number of aliphatic carboxylic acids is 1. The zero-order chi connectivity index (χ0) is 11.7. The highest BCUT2D eigenvalue weighted by atomic mass is 16.4. The van der Waals surface area contributed by atoms with Crippen molar-refractivity contribution < 1.29 is 14.7 Å². The van der Waals surface area contributed by atoms with E-state index in [0.717, 1.165) is 0 Å². The van der Waals surface area contributed by atoms with E-state index in [1.165, 1.54) is 0 Å². The minimum Gasteiger partial charge on any atom is -0.480 e. The van der Waals surface area contributed by atoms with E-state index in [1.807, 2.05) is 0 Å². The minimum atomic E-state index is -1.13. The minimum absolute atomic E-state index is 0.258. The van der Waals surface area contributed by atoms with E-state index in [0.29, 0.717) is 13.0 Å². The number of nitrogens with two attached hydrogens (primary N) is 1. The van der Waals surface area contributed by atoms with Crippen LogP contribution in [0.5, 0.6) is 0 Å². The van der Waals surface area contributed by atoms with Crippen LogP contribution in [-0.2, 0) is 9.59 Å². The number of carboxylic acid groups (broad SMARTS) is 1. The Morgan fingerprint density at radius 2 is 2.27 bits per heavy atom. The molecule has 1 amide bonds. The molecule has 1 atom stereocenters. The molecule has 0 aromatic carbocycles. The van der Waals surface area contributed by atoms with E-state index in [4.69, 9.17) is 16.4 Å². The number of nitrogens with one attached hydrogen (secondary N) is 1. The fourth-order valence-corrected chi connectivity index (χ4v) is 0.915. The van der Waals surface area contributed by atoms with Crippen molar-refractivity contribution in [2.75, 3.05) is 13.1 Å². The Balaban J connectivity index is 4.09. The first-order chi connectivity index (χ1) is 7.11. The second kappa shape index (κ2) is 7.60. The highest BCUT2D eigenvalue weighted by Crippen LogP contribution is 1.96. The van der Waals surface area contributed by atoms with Crippen LogP contribution >= 0.6 is 0 Å². The van der Waals surface area contributed by atoms with Gasteiger partial charge in [-0.05, 0) is 24.9 Å². The monoisotopic (exact) mass is 215 g/mol. The summed E-state index contributed by atoms with van der Waals surface area (Å²) < 4.78 is 0. The number of carbonyl (C=O) groups excluding carboxylic acids is 1. The van der Waals surface area contributed by atoms with Gasteiger partial charge >= 0.3 is 5.97 Å². The lowest BCUT2D eigenvalue weighted by Gasteiger charge is -2.12. The number of amides is 1. The molecule has 4 N–H and O–H groups in total. The lowest BCUT2D eigenvalue weighted by molar-refractivity contribution is -0.141. The molecule has 0 radical (unpaired) electrons. The Morgan fingerprint density at radius 1 is 1.60 bits per heavy atom. The van der Waals surface area contributed by atoms with Crippen molar-refractivity contribution in [2.45, 2.75) is 18.9 Å². The molecule has 0 saturated carbocycles. The summed E-state index contributed by atoms with van der Waals surface area (Å²) in [5.74, 6) is -1.74. The van der Waals surface area contributed by atoms with E-state index in [2.05, 4.69) is 15.3 Å². The van der Waals surface area contributed by atoms with E-state index < -0.39 is 24.5 Å². The predicted molar refractivity (Wildman–Crippen MR) is 51.9 cm³/mol. The molecule has 0 aromatic rings. The summed E-state index contributed by atoms with van der Waals surface area (Å²) in [7, 11) is 0. The van der Waals surface area contributed by atoms with E-state index in [9.17, 15) is 9.59 Å². The van der Waals surface area contributed by atoms with Gasteiger partial charge in [0.05, 0.1) is 0 Å². The summed E-state index contributed by atoms with van der Waals surface area (Å²) in [5, 5.41) is 14.0. The molecule has 0 heterocycles. The van der Waals surface area contributed by atoms with Crippen molar-refractivity contribution in [2.24, 2.45) is 10.8 Å². The van der Waals surface area contributed by atoms with Gasteiger partial charge in [-0.3, -0.25) is 4.79 Å². The van der Waals surface area contributed by atoms with Gasteiger partial charge in [-0.1, -0.05) is 5.11 Å². The summed E-state index contributed by atoms with van der Waals surface area (Å²) in [6, 6.07) is -0.977. The fourth-order valence-electron chi connectivity index (χ4n) is 0.915. The van der Waals surface area contributed by atoms with Gasteiger partial charge in [0.1, 0.15) is 12.6 Å². The molecule has 8 nitrogen and oxygen atoms in total. The number of hydrogen-bond donors (Lipinski definition) is 3. The maximum absolute atomic E-state index is 11.0. The first-order valence-corrected chi connectivity index (χ1v) is 4.35. The van der Waals surface area contributed by atoms with Crippen LogP contribution in [0.25, 0.3) is 10.4 Å². The molecular weight excluding hydrogens is 202 g/mol. The predicted octanol–water partition coefficient (Wildman–Crippen LogP) is -0.395. The van der Waals surface area contributed by atoms with Gasteiger partial charge in [0, 0.05) is 4.91 Å². The Hall–Kier alpha value is -1.79. The summed E-state index contributed by atoms with van der Waals surface area (Å²) in [5.41, 5.74) is 13.2. The second-order valence-electron chi connectivity index (χ2n) is 2.78. The molecule has 0 rings (SSSR count). The lowest BCUT2D eigenvalue weighted by atomic mass is 10.1. The fraction of sp³-hybridized carbons (Fsp3) is 0.714. The van der Waals surface area contributed by atoms with Gasteiger partial charge in [-0.2, -0.15) is 0 Å². The number of nitrogens with zero attached hydrogens (tertiary/aromatic N) is 3. The van der Waals surface area contributed by atoms with Gasteiger partial charge in [0.15, 0.2) is 0 Å². The van der Waals surface area contributed by atoms with E-state index in [1.54, 1.807) is 0 Å².